The minimum absolute atomic E-state index is 0.948. The maximum atomic E-state index is 3.27. The highest BCUT2D eigenvalue weighted by Crippen LogP contribution is 2.22. The van der Waals surface area contributed by atoms with Crippen molar-refractivity contribution in [2.24, 2.45) is 0 Å². The Morgan fingerprint density at radius 2 is 1.75 bits per heavy atom. The Balaban J connectivity index is 1.95. The number of rotatable bonds is 9. The molecule has 0 aliphatic rings. The highest BCUT2D eigenvalue weighted by Gasteiger charge is 2.06. The van der Waals surface area contributed by atoms with E-state index in [1.165, 1.54) is 55.0 Å². The summed E-state index contributed by atoms with van der Waals surface area (Å²) in [5, 5.41) is 4.66. The molecule has 0 aliphatic heterocycles. The molecule has 1 N–H and O–H groups in total. The van der Waals surface area contributed by atoms with Crippen LogP contribution in [0.5, 0.6) is 0 Å². The number of aromatic nitrogens is 1. The molecule has 2 heteroatoms. The van der Waals surface area contributed by atoms with Crippen molar-refractivity contribution in [1.29, 1.82) is 0 Å². The largest absolute Gasteiger partial charge is 0.347 e. The van der Waals surface area contributed by atoms with Crippen LogP contribution in [0.4, 0.5) is 0 Å². The van der Waals surface area contributed by atoms with Crippen molar-refractivity contribution >= 4 is 10.9 Å². The number of hydrogen-bond acceptors (Lipinski definition) is 1. The van der Waals surface area contributed by atoms with E-state index in [9.17, 15) is 0 Å². The Labute approximate surface area is 123 Å². The van der Waals surface area contributed by atoms with E-state index in [1.807, 2.05) is 7.05 Å². The normalized spacial score (nSPS) is 11.3. The van der Waals surface area contributed by atoms with E-state index < -0.39 is 0 Å². The van der Waals surface area contributed by atoms with Gasteiger partial charge < -0.3 is 9.88 Å². The molecule has 2 aromatic rings. The van der Waals surface area contributed by atoms with Crippen molar-refractivity contribution < 1.29 is 0 Å². The first kappa shape index (κ1) is 15.1. The topological polar surface area (TPSA) is 17.0 Å². The highest BCUT2D eigenvalue weighted by molar-refractivity contribution is 5.83. The van der Waals surface area contributed by atoms with Crippen molar-refractivity contribution in [2.75, 3.05) is 7.05 Å². The average molecular weight is 272 g/mol. The van der Waals surface area contributed by atoms with Crippen LogP contribution in [-0.2, 0) is 13.1 Å². The lowest BCUT2D eigenvalue weighted by Gasteiger charge is -2.05. The van der Waals surface area contributed by atoms with Gasteiger partial charge in [-0.05, 0) is 25.1 Å². The van der Waals surface area contributed by atoms with Gasteiger partial charge in [-0.1, -0.05) is 57.2 Å². The Kier molecular flexibility index (Phi) is 6.13. The van der Waals surface area contributed by atoms with Gasteiger partial charge in [-0.25, -0.2) is 0 Å². The maximum absolute atomic E-state index is 3.27. The van der Waals surface area contributed by atoms with Crippen LogP contribution >= 0.6 is 0 Å². The Bertz CT molecular complexity index is 513. The van der Waals surface area contributed by atoms with Gasteiger partial charge in [0, 0.05) is 30.2 Å². The molecule has 0 aliphatic carbocycles. The fourth-order valence-electron chi connectivity index (χ4n) is 2.90. The van der Waals surface area contributed by atoms with Gasteiger partial charge in [-0.15, -0.1) is 0 Å². The maximum Gasteiger partial charge on any atom is 0.0483 e. The number of hydrogen-bond donors (Lipinski definition) is 1. The van der Waals surface area contributed by atoms with Crippen LogP contribution in [0.15, 0.2) is 30.5 Å². The number of unbranched alkanes of at least 4 members (excludes halogenated alkanes) is 5. The van der Waals surface area contributed by atoms with Gasteiger partial charge in [-0.2, -0.15) is 0 Å². The van der Waals surface area contributed by atoms with E-state index in [1.54, 1.807) is 0 Å². The molecule has 1 aromatic carbocycles. The van der Waals surface area contributed by atoms with Crippen LogP contribution in [0.3, 0.4) is 0 Å². The zero-order valence-corrected chi connectivity index (χ0v) is 13.0. The fourth-order valence-corrected chi connectivity index (χ4v) is 2.90. The summed E-state index contributed by atoms with van der Waals surface area (Å²) in [6.07, 6.45) is 10.5. The van der Waals surface area contributed by atoms with Crippen molar-refractivity contribution in [3.8, 4) is 0 Å². The third-order valence-corrected chi connectivity index (χ3v) is 3.99. The van der Waals surface area contributed by atoms with Crippen LogP contribution < -0.4 is 5.32 Å². The summed E-state index contributed by atoms with van der Waals surface area (Å²) < 4.78 is 2.43. The zero-order chi connectivity index (χ0) is 14.2. The third-order valence-electron chi connectivity index (χ3n) is 3.99. The quantitative estimate of drug-likeness (QED) is 0.653. The van der Waals surface area contributed by atoms with E-state index in [4.69, 9.17) is 0 Å². The Morgan fingerprint density at radius 1 is 1.00 bits per heavy atom. The summed E-state index contributed by atoms with van der Waals surface area (Å²) in [6, 6.07) is 8.76. The molecule has 20 heavy (non-hydrogen) atoms. The van der Waals surface area contributed by atoms with Gasteiger partial charge in [-0.3, -0.25) is 0 Å². The van der Waals surface area contributed by atoms with Crippen LogP contribution in [0.1, 0.15) is 51.0 Å². The predicted molar refractivity (Wildman–Crippen MR) is 88.1 cm³/mol. The molecule has 0 amide bonds. The molecule has 0 spiro atoms. The number of fused-ring (bicyclic) bond motifs is 1. The van der Waals surface area contributed by atoms with E-state index in [-0.39, 0.29) is 0 Å². The molecule has 0 bridgehead atoms. The van der Waals surface area contributed by atoms with E-state index in [2.05, 4.69) is 47.3 Å². The van der Waals surface area contributed by atoms with E-state index >= 15 is 0 Å². The second-order valence-electron chi connectivity index (χ2n) is 5.66. The van der Waals surface area contributed by atoms with Gasteiger partial charge in [0.05, 0.1) is 0 Å². The first-order chi connectivity index (χ1) is 9.86. The molecule has 0 saturated carbocycles. The predicted octanol–water partition coefficient (Wildman–Crippen LogP) is 4.72. The van der Waals surface area contributed by atoms with Gasteiger partial charge >= 0.3 is 0 Å². The number of nitrogens with zero attached hydrogens (tertiary/aromatic N) is 1. The first-order valence-corrected chi connectivity index (χ1v) is 8.08. The van der Waals surface area contributed by atoms with Crippen LogP contribution in [0.2, 0.25) is 0 Å². The summed E-state index contributed by atoms with van der Waals surface area (Å²) in [6.45, 7) is 4.37. The molecule has 0 fully saturated rings. The van der Waals surface area contributed by atoms with Crippen LogP contribution in [0.25, 0.3) is 10.9 Å². The summed E-state index contributed by atoms with van der Waals surface area (Å²) >= 11 is 0. The van der Waals surface area contributed by atoms with Crippen molar-refractivity contribution in [3.05, 3.63) is 36.0 Å². The Morgan fingerprint density at radius 3 is 2.55 bits per heavy atom. The third kappa shape index (κ3) is 3.86. The lowest BCUT2D eigenvalue weighted by atomic mass is 10.1. The molecule has 2 nitrogen and oxygen atoms in total. The van der Waals surface area contributed by atoms with Crippen molar-refractivity contribution in [2.45, 2.75) is 58.5 Å². The van der Waals surface area contributed by atoms with Gasteiger partial charge in [0.2, 0.25) is 0 Å². The molecular formula is C18H28N2. The standard InChI is InChI=1S/C18H28N2/c1-3-4-5-6-7-10-13-20-15-16(14-19-2)17-11-8-9-12-18(17)20/h8-9,11-12,15,19H,3-7,10,13-14H2,1-2H3. The average Bonchev–Trinajstić information content (AvgIpc) is 2.82. The number of benzene rings is 1. The lowest BCUT2D eigenvalue weighted by Crippen LogP contribution is -2.04. The number of para-hydroxylation sites is 1. The molecule has 0 unspecified atom stereocenters. The van der Waals surface area contributed by atoms with Gasteiger partial charge in [0.15, 0.2) is 0 Å². The molecule has 1 aromatic heterocycles. The van der Waals surface area contributed by atoms with E-state index in [0.29, 0.717) is 0 Å². The highest BCUT2D eigenvalue weighted by atomic mass is 15.0. The number of nitrogens with one attached hydrogen (secondary N) is 1. The minimum Gasteiger partial charge on any atom is -0.347 e. The molecule has 0 atom stereocenters. The van der Waals surface area contributed by atoms with E-state index in [0.717, 1.165) is 13.1 Å². The summed E-state index contributed by atoms with van der Waals surface area (Å²) in [5.74, 6) is 0. The minimum atomic E-state index is 0.948. The molecule has 0 saturated heterocycles. The summed E-state index contributed by atoms with van der Waals surface area (Å²) in [5.41, 5.74) is 2.79. The van der Waals surface area contributed by atoms with Crippen molar-refractivity contribution in [3.63, 3.8) is 0 Å². The first-order valence-electron chi connectivity index (χ1n) is 8.08. The smallest absolute Gasteiger partial charge is 0.0483 e. The second kappa shape index (κ2) is 8.11. The monoisotopic (exact) mass is 272 g/mol. The second-order valence-corrected chi connectivity index (χ2v) is 5.66. The van der Waals surface area contributed by atoms with Gasteiger partial charge in [0.1, 0.15) is 0 Å². The molecule has 1 heterocycles. The van der Waals surface area contributed by atoms with Crippen LogP contribution in [0, 0.1) is 0 Å². The lowest BCUT2D eigenvalue weighted by molar-refractivity contribution is 0.564. The molecule has 110 valence electrons. The molecule has 2 rings (SSSR count). The summed E-state index contributed by atoms with van der Waals surface area (Å²) in [7, 11) is 2.01. The van der Waals surface area contributed by atoms with Crippen molar-refractivity contribution in [1.82, 2.24) is 9.88 Å². The van der Waals surface area contributed by atoms with Crippen LogP contribution in [-0.4, -0.2) is 11.6 Å². The summed E-state index contributed by atoms with van der Waals surface area (Å²) in [4.78, 5) is 0. The Hall–Kier alpha value is -1.28. The SMILES string of the molecule is CCCCCCCCn1cc(CNC)c2ccccc21. The fraction of sp³-hybridized carbons (Fsp3) is 0.556. The molecule has 0 radical (unpaired) electrons. The number of aryl methyl sites for hydroxylation is 1. The zero-order valence-electron chi connectivity index (χ0n) is 13.0. The van der Waals surface area contributed by atoms with Gasteiger partial charge in [0.25, 0.3) is 0 Å². The molecular weight excluding hydrogens is 244 g/mol.